The first kappa shape index (κ1) is 13.9. The van der Waals surface area contributed by atoms with Gasteiger partial charge < -0.3 is 9.47 Å². The number of aryl methyl sites for hydroxylation is 1. The number of hydrogen-bond donors (Lipinski definition) is 0. The zero-order valence-corrected chi connectivity index (χ0v) is 13.3. The summed E-state index contributed by atoms with van der Waals surface area (Å²) in [5, 5.41) is 0. The van der Waals surface area contributed by atoms with E-state index >= 15 is 0 Å². The number of rotatable bonds is 2. The van der Waals surface area contributed by atoms with Crippen LogP contribution in [0.15, 0.2) is 22.7 Å². The average Bonchev–Trinajstić information content (AvgIpc) is 2.40. The van der Waals surface area contributed by atoms with Crippen molar-refractivity contribution in [2.24, 2.45) is 0 Å². The Morgan fingerprint density at radius 2 is 1.94 bits per heavy atom. The number of halogens is 1. The maximum Gasteiger partial charge on any atom is 0.130 e. The first-order valence-corrected chi connectivity index (χ1v) is 7.12. The molecule has 2 nitrogen and oxygen atoms in total. The summed E-state index contributed by atoms with van der Waals surface area (Å²) in [6.07, 6.45) is 0.992. The van der Waals surface area contributed by atoms with E-state index in [4.69, 9.17) is 9.47 Å². The highest BCUT2D eigenvalue weighted by Gasteiger charge is 2.47. The van der Waals surface area contributed by atoms with Gasteiger partial charge in [-0.05, 0) is 52.3 Å². The predicted molar refractivity (Wildman–Crippen MR) is 77.2 cm³/mol. The molecule has 0 spiro atoms. The Morgan fingerprint density at radius 1 is 1.28 bits per heavy atom. The van der Waals surface area contributed by atoms with E-state index < -0.39 is 0 Å². The van der Waals surface area contributed by atoms with Crippen LogP contribution in [0.4, 0.5) is 0 Å². The number of ether oxygens (including phenoxy) is 2. The Kier molecular flexibility index (Phi) is 3.50. The van der Waals surface area contributed by atoms with Crippen LogP contribution >= 0.6 is 15.9 Å². The molecule has 18 heavy (non-hydrogen) atoms. The standard InChI is InChI=1S/C15H21BrO2/c1-10-6-7-11(16)8-12(10)17-13-9-14(2,3)18-15(13,4)5/h6-8,13H,9H2,1-5H3. The fourth-order valence-electron chi connectivity index (χ4n) is 2.55. The second-order valence-electron chi connectivity index (χ2n) is 6.19. The third kappa shape index (κ3) is 2.89. The molecule has 1 atom stereocenters. The molecule has 1 aliphatic heterocycles. The maximum absolute atomic E-state index is 6.18. The van der Waals surface area contributed by atoms with Gasteiger partial charge in [0.15, 0.2) is 0 Å². The van der Waals surface area contributed by atoms with E-state index in [0.717, 1.165) is 22.2 Å². The Bertz CT molecular complexity index is 452. The molecular weight excluding hydrogens is 292 g/mol. The van der Waals surface area contributed by atoms with E-state index in [9.17, 15) is 0 Å². The minimum Gasteiger partial charge on any atom is -0.487 e. The molecular formula is C15H21BrO2. The fraction of sp³-hybridized carbons (Fsp3) is 0.600. The van der Waals surface area contributed by atoms with Gasteiger partial charge in [-0.25, -0.2) is 0 Å². The monoisotopic (exact) mass is 312 g/mol. The summed E-state index contributed by atoms with van der Waals surface area (Å²) in [7, 11) is 0. The van der Waals surface area contributed by atoms with Gasteiger partial charge in [-0.3, -0.25) is 0 Å². The van der Waals surface area contributed by atoms with Crippen molar-refractivity contribution in [2.45, 2.75) is 58.3 Å². The topological polar surface area (TPSA) is 18.5 Å². The Labute approximate surface area is 118 Å². The van der Waals surface area contributed by atoms with Gasteiger partial charge in [-0.2, -0.15) is 0 Å². The molecule has 100 valence electrons. The lowest BCUT2D eigenvalue weighted by Crippen LogP contribution is -2.36. The Morgan fingerprint density at radius 3 is 2.50 bits per heavy atom. The van der Waals surface area contributed by atoms with Crippen LogP contribution in [0.5, 0.6) is 5.75 Å². The lowest BCUT2D eigenvalue weighted by Gasteiger charge is -2.28. The van der Waals surface area contributed by atoms with E-state index in [0.29, 0.717) is 0 Å². The molecule has 1 unspecified atom stereocenters. The summed E-state index contributed by atoms with van der Waals surface area (Å²) < 4.78 is 13.3. The first-order chi connectivity index (χ1) is 8.20. The number of benzene rings is 1. The van der Waals surface area contributed by atoms with Crippen LogP contribution in [0, 0.1) is 6.92 Å². The van der Waals surface area contributed by atoms with Crippen molar-refractivity contribution in [2.75, 3.05) is 0 Å². The van der Waals surface area contributed by atoms with E-state index in [-0.39, 0.29) is 17.3 Å². The van der Waals surface area contributed by atoms with Crippen molar-refractivity contribution >= 4 is 15.9 Å². The highest BCUT2D eigenvalue weighted by atomic mass is 79.9. The highest BCUT2D eigenvalue weighted by molar-refractivity contribution is 9.10. The van der Waals surface area contributed by atoms with Gasteiger partial charge in [-0.1, -0.05) is 22.0 Å². The van der Waals surface area contributed by atoms with E-state index in [1.807, 2.05) is 12.1 Å². The second-order valence-corrected chi connectivity index (χ2v) is 7.10. The van der Waals surface area contributed by atoms with Crippen molar-refractivity contribution in [3.8, 4) is 5.75 Å². The molecule has 3 heteroatoms. The molecule has 0 aromatic heterocycles. The van der Waals surface area contributed by atoms with Crippen molar-refractivity contribution in [3.05, 3.63) is 28.2 Å². The molecule has 0 radical (unpaired) electrons. The number of hydrogen-bond acceptors (Lipinski definition) is 2. The molecule has 1 heterocycles. The van der Waals surface area contributed by atoms with Crippen LogP contribution in [0.1, 0.15) is 39.7 Å². The van der Waals surface area contributed by atoms with Gasteiger partial charge in [0.05, 0.1) is 5.60 Å². The zero-order chi connectivity index (χ0) is 13.6. The van der Waals surface area contributed by atoms with Crippen LogP contribution in [0.2, 0.25) is 0 Å². The minimum atomic E-state index is -0.252. The molecule has 2 rings (SSSR count). The van der Waals surface area contributed by atoms with Crippen molar-refractivity contribution in [1.82, 2.24) is 0 Å². The largest absolute Gasteiger partial charge is 0.487 e. The first-order valence-electron chi connectivity index (χ1n) is 6.33. The second kappa shape index (κ2) is 4.53. The third-order valence-electron chi connectivity index (χ3n) is 3.41. The SMILES string of the molecule is Cc1ccc(Br)cc1OC1CC(C)(C)OC1(C)C. The lowest BCUT2D eigenvalue weighted by atomic mass is 9.97. The van der Waals surface area contributed by atoms with E-state index in [2.05, 4.69) is 56.6 Å². The molecule has 0 amide bonds. The normalized spacial score (nSPS) is 25.1. The fourth-order valence-corrected chi connectivity index (χ4v) is 2.89. The summed E-state index contributed by atoms with van der Waals surface area (Å²) in [5.41, 5.74) is 0.783. The minimum absolute atomic E-state index is 0.0838. The predicted octanol–water partition coefficient (Wildman–Crippen LogP) is 4.48. The van der Waals surface area contributed by atoms with Gasteiger partial charge in [0.1, 0.15) is 17.5 Å². The molecule has 1 fully saturated rings. The smallest absolute Gasteiger partial charge is 0.130 e. The zero-order valence-electron chi connectivity index (χ0n) is 11.7. The van der Waals surface area contributed by atoms with Crippen LogP contribution in [-0.2, 0) is 4.74 Å². The molecule has 1 aromatic carbocycles. The van der Waals surface area contributed by atoms with E-state index in [1.54, 1.807) is 0 Å². The maximum atomic E-state index is 6.18. The van der Waals surface area contributed by atoms with Crippen LogP contribution in [0.3, 0.4) is 0 Å². The Balaban J connectivity index is 2.21. The molecule has 1 saturated heterocycles. The van der Waals surface area contributed by atoms with Crippen molar-refractivity contribution < 1.29 is 9.47 Å². The molecule has 0 aliphatic carbocycles. The lowest BCUT2D eigenvalue weighted by molar-refractivity contribution is -0.0846. The van der Waals surface area contributed by atoms with Crippen LogP contribution < -0.4 is 4.74 Å². The van der Waals surface area contributed by atoms with Crippen LogP contribution in [-0.4, -0.2) is 17.3 Å². The van der Waals surface area contributed by atoms with E-state index in [1.165, 1.54) is 0 Å². The summed E-state index contributed by atoms with van der Waals surface area (Å²) in [5.74, 6) is 0.934. The van der Waals surface area contributed by atoms with Crippen molar-refractivity contribution in [3.63, 3.8) is 0 Å². The summed E-state index contributed by atoms with van der Waals surface area (Å²) >= 11 is 3.49. The van der Waals surface area contributed by atoms with Crippen molar-refractivity contribution in [1.29, 1.82) is 0 Å². The summed E-state index contributed by atoms with van der Waals surface area (Å²) in [6, 6.07) is 6.12. The quantitative estimate of drug-likeness (QED) is 0.801. The summed E-state index contributed by atoms with van der Waals surface area (Å²) in [6.45, 7) is 10.5. The average molecular weight is 313 g/mol. The molecule has 1 aliphatic rings. The Hall–Kier alpha value is -0.540. The molecule has 0 bridgehead atoms. The third-order valence-corrected chi connectivity index (χ3v) is 3.90. The van der Waals surface area contributed by atoms with Crippen LogP contribution in [0.25, 0.3) is 0 Å². The molecule has 0 N–H and O–H groups in total. The highest BCUT2D eigenvalue weighted by Crippen LogP contribution is 2.40. The van der Waals surface area contributed by atoms with Gasteiger partial charge in [0.25, 0.3) is 0 Å². The van der Waals surface area contributed by atoms with Gasteiger partial charge in [0, 0.05) is 10.9 Å². The molecule has 0 saturated carbocycles. The van der Waals surface area contributed by atoms with Gasteiger partial charge in [0.2, 0.25) is 0 Å². The molecule has 1 aromatic rings. The van der Waals surface area contributed by atoms with Gasteiger partial charge >= 0.3 is 0 Å². The van der Waals surface area contributed by atoms with Gasteiger partial charge in [-0.15, -0.1) is 0 Å². The summed E-state index contributed by atoms with van der Waals surface area (Å²) in [4.78, 5) is 0.